The van der Waals surface area contributed by atoms with Crippen molar-refractivity contribution in [2.75, 3.05) is 12.4 Å². The highest BCUT2D eigenvalue weighted by Crippen LogP contribution is 2.50. The van der Waals surface area contributed by atoms with Crippen LogP contribution in [0.4, 0.5) is 5.82 Å². The molecule has 0 amide bonds. The van der Waals surface area contributed by atoms with E-state index in [9.17, 15) is 8.42 Å². The van der Waals surface area contributed by atoms with Gasteiger partial charge >= 0.3 is 0 Å². The second-order valence-corrected chi connectivity index (χ2v) is 11.0. The number of aryl methyl sites for hydroxylation is 2. The van der Waals surface area contributed by atoms with Crippen molar-refractivity contribution < 1.29 is 8.42 Å². The number of benzene rings is 1. The van der Waals surface area contributed by atoms with Crippen molar-refractivity contribution in [2.45, 2.75) is 58.0 Å². The molecule has 0 radical (unpaired) electrons. The number of hydrogen-bond donors (Lipinski definition) is 1. The van der Waals surface area contributed by atoms with E-state index in [0.717, 1.165) is 22.9 Å². The van der Waals surface area contributed by atoms with Crippen molar-refractivity contribution in [3.63, 3.8) is 0 Å². The Morgan fingerprint density at radius 1 is 1.29 bits per heavy atom. The zero-order chi connectivity index (χ0) is 20.7. The van der Waals surface area contributed by atoms with Gasteiger partial charge in [0.1, 0.15) is 10.7 Å². The Bertz CT molecular complexity index is 987. The molecule has 0 aliphatic heterocycles. The maximum absolute atomic E-state index is 13.1. The van der Waals surface area contributed by atoms with Crippen LogP contribution in [0.3, 0.4) is 0 Å². The van der Waals surface area contributed by atoms with Crippen molar-refractivity contribution in [2.24, 2.45) is 5.41 Å². The van der Waals surface area contributed by atoms with E-state index in [1.54, 1.807) is 13.1 Å². The minimum atomic E-state index is -3.57. The number of nitrogens with one attached hydrogen (secondary N) is 1. The van der Waals surface area contributed by atoms with E-state index < -0.39 is 10.0 Å². The highest BCUT2D eigenvalue weighted by Gasteiger charge is 2.47. The molecule has 1 aromatic carbocycles. The molecule has 0 bridgehead atoms. The van der Waals surface area contributed by atoms with Crippen LogP contribution in [0.15, 0.2) is 39.8 Å². The van der Waals surface area contributed by atoms with Crippen LogP contribution < -0.4 is 5.32 Å². The van der Waals surface area contributed by atoms with Crippen LogP contribution in [-0.2, 0) is 16.6 Å². The molecule has 1 fully saturated rings. The molecule has 1 aromatic heterocycles. The van der Waals surface area contributed by atoms with Crippen molar-refractivity contribution >= 4 is 31.8 Å². The Morgan fingerprint density at radius 3 is 2.57 bits per heavy atom. The monoisotopic (exact) mass is 465 g/mol. The molecule has 1 saturated carbocycles. The first-order valence-corrected chi connectivity index (χ1v) is 11.7. The third kappa shape index (κ3) is 4.26. The normalized spacial score (nSPS) is 16.8. The van der Waals surface area contributed by atoms with Gasteiger partial charge in [0.05, 0.1) is 0 Å². The van der Waals surface area contributed by atoms with Crippen LogP contribution in [0.25, 0.3) is 0 Å². The number of halogens is 1. The zero-order valence-corrected chi connectivity index (χ0v) is 19.5. The Hall–Kier alpha value is -1.44. The summed E-state index contributed by atoms with van der Waals surface area (Å²) in [4.78, 5) is 4.63. The van der Waals surface area contributed by atoms with E-state index >= 15 is 0 Å². The van der Waals surface area contributed by atoms with Gasteiger partial charge in [0.25, 0.3) is 0 Å². The Labute approximate surface area is 176 Å². The molecule has 3 rings (SSSR count). The van der Waals surface area contributed by atoms with E-state index in [1.807, 2.05) is 19.9 Å². The lowest BCUT2D eigenvalue weighted by Gasteiger charge is -2.29. The van der Waals surface area contributed by atoms with Crippen LogP contribution in [0.5, 0.6) is 0 Å². The number of anilines is 1. The SMILES string of the molecule is Cc1ccc(Br)c(CNc2cc(C)c(S(=O)(=O)N(C)C(C)C3(C)CC3)cn2)c1. The first kappa shape index (κ1) is 21.3. The summed E-state index contributed by atoms with van der Waals surface area (Å²) < 4.78 is 28.7. The first-order chi connectivity index (χ1) is 13.0. The quantitative estimate of drug-likeness (QED) is 0.632. The van der Waals surface area contributed by atoms with E-state index in [0.29, 0.717) is 17.9 Å². The summed E-state index contributed by atoms with van der Waals surface area (Å²) >= 11 is 3.56. The van der Waals surface area contributed by atoms with E-state index in [-0.39, 0.29) is 16.4 Å². The van der Waals surface area contributed by atoms with Gasteiger partial charge in [-0.15, -0.1) is 0 Å². The van der Waals surface area contributed by atoms with Gasteiger partial charge in [0, 0.05) is 30.3 Å². The average Bonchev–Trinajstić information content (AvgIpc) is 3.39. The molecule has 0 spiro atoms. The number of rotatable bonds is 7. The predicted molar refractivity (Wildman–Crippen MR) is 117 cm³/mol. The van der Waals surface area contributed by atoms with E-state index in [1.165, 1.54) is 16.1 Å². The molecule has 0 saturated heterocycles. The number of pyridine rings is 1. The van der Waals surface area contributed by atoms with Gasteiger partial charge < -0.3 is 5.32 Å². The molecule has 1 aliphatic carbocycles. The largest absolute Gasteiger partial charge is 0.366 e. The van der Waals surface area contributed by atoms with Gasteiger partial charge in [0.2, 0.25) is 10.0 Å². The smallest absolute Gasteiger partial charge is 0.244 e. The number of nitrogens with zero attached hydrogens (tertiary/aromatic N) is 2. The molecular weight excluding hydrogens is 438 g/mol. The molecule has 1 atom stereocenters. The van der Waals surface area contributed by atoms with Crippen LogP contribution >= 0.6 is 15.9 Å². The van der Waals surface area contributed by atoms with E-state index in [4.69, 9.17) is 0 Å². The Balaban J connectivity index is 1.77. The highest BCUT2D eigenvalue weighted by molar-refractivity contribution is 9.10. The second kappa shape index (κ2) is 7.76. The third-order valence-corrected chi connectivity index (χ3v) is 8.80. The van der Waals surface area contributed by atoms with Gasteiger partial charge in [-0.3, -0.25) is 0 Å². The molecule has 2 aromatic rings. The summed E-state index contributed by atoms with van der Waals surface area (Å²) in [5.41, 5.74) is 3.10. The van der Waals surface area contributed by atoms with Crippen molar-refractivity contribution in [3.05, 3.63) is 51.6 Å². The van der Waals surface area contributed by atoms with Gasteiger partial charge in [-0.1, -0.05) is 40.5 Å². The van der Waals surface area contributed by atoms with Crippen LogP contribution in [0.1, 0.15) is 43.4 Å². The fraction of sp³-hybridized carbons (Fsp3) is 0.476. The van der Waals surface area contributed by atoms with E-state index in [2.05, 4.69) is 52.2 Å². The van der Waals surface area contributed by atoms with Gasteiger partial charge in [-0.05, 0) is 62.3 Å². The summed E-state index contributed by atoms with van der Waals surface area (Å²) in [6.07, 6.45) is 3.61. The van der Waals surface area contributed by atoms with Gasteiger partial charge in [-0.2, -0.15) is 4.31 Å². The summed E-state index contributed by atoms with van der Waals surface area (Å²) in [5, 5.41) is 3.29. The molecule has 1 aliphatic rings. The van der Waals surface area contributed by atoms with Crippen LogP contribution in [0.2, 0.25) is 0 Å². The van der Waals surface area contributed by atoms with Crippen LogP contribution in [-0.4, -0.2) is 30.8 Å². The predicted octanol–water partition coefficient (Wildman–Crippen LogP) is 4.88. The highest BCUT2D eigenvalue weighted by atomic mass is 79.9. The molecule has 1 heterocycles. The Kier molecular flexibility index (Phi) is 5.90. The maximum Gasteiger partial charge on any atom is 0.244 e. The first-order valence-electron chi connectivity index (χ1n) is 9.48. The molecule has 5 nitrogen and oxygen atoms in total. The standard InChI is InChI=1S/C21H28BrN3O2S/c1-14-6-7-18(22)17(10-14)12-23-20-11-15(2)19(13-24-20)28(26,27)25(5)16(3)21(4)8-9-21/h6-7,10-11,13,16H,8-9,12H2,1-5H3,(H,23,24). The summed E-state index contributed by atoms with van der Waals surface area (Å²) in [7, 11) is -1.90. The van der Waals surface area contributed by atoms with Crippen molar-refractivity contribution in [3.8, 4) is 0 Å². The molecule has 1 N–H and O–H groups in total. The molecule has 28 heavy (non-hydrogen) atoms. The van der Waals surface area contributed by atoms with Gasteiger partial charge in [-0.25, -0.2) is 13.4 Å². The fourth-order valence-corrected chi connectivity index (χ4v) is 5.37. The lowest BCUT2D eigenvalue weighted by molar-refractivity contribution is 0.283. The lowest BCUT2D eigenvalue weighted by Crippen LogP contribution is -2.40. The van der Waals surface area contributed by atoms with Gasteiger partial charge in [0.15, 0.2) is 0 Å². The molecule has 7 heteroatoms. The topological polar surface area (TPSA) is 62.3 Å². The molecule has 152 valence electrons. The van der Waals surface area contributed by atoms with Crippen molar-refractivity contribution in [1.29, 1.82) is 0 Å². The zero-order valence-electron chi connectivity index (χ0n) is 17.1. The third-order valence-electron chi connectivity index (χ3n) is 5.97. The second-order valence-electron chi connectivity index (χ2n) is 8.13. The number of sulfonamides is 1. The molecule has 1 unspecified atom stereocenters. The summed E-state index contributed by atoms with van der Waals surface area (Å²) in [6, 6.07) is 7.95. The number of hydrogen-bond acceptors (Lipinski definition) is 4. The average molecular weight is 466 g/mol. The molecular formula is C21H28BrN3O2S. The minimum Gasteiger partial charge on any atom is -0.366 e. The fourth-order valence-electron chi connectivity index (χ4n) is 3.35. The minimum absolute atomic E-state index is 0.0339. The van der Waals surface area contributed by atoms with Crippen molar-refractivity contribution in [1.82, 2.24) is 9.29 Å². The maximum atomic E-state index is 13.1. The number of aromatic nitrogens is 1. The lowest BCUT2D eigenvalue weighted by atomic mass is 10.0. The summed E-state index contributed by atoms with van der Waals surface area (Å²) in [6.45, 7) is 8.61. The van der Waals surface area contributed by atoms with Crippen LogP contribution in [0, 0.1) is 19.3 Å². The Morgan fingerprint density at radius 2 is 1.96 bits per heavy atom. The summed E-state index contributed by atoms with van der Waals surface area (Å²) in [5.74, 6) is 0.662.